The molecule has 7 heteroatoms. The third-order valence-electron chi connectivity index (χ3n) is 5.80. The van der Waals surface area contributed by atoms with E-state index in [1.807, 2.05) is 44.3 Å². The lowest BCUT2D eigenvalue weighted by molar-refractivity contribution is 0.0902. The zero-order valence-electron chi connectivity index (χ0n) is 20.3. The monoisotopic (exact) mass is 460 g/mol. The fraction of sp³-hybridized carbons (Fsp3) is 0.346. The van der Waals surface area contributed by atoms with E-state index < -0.39 is 8.07 Å². The second-order valence-electron chi connectivity index (χ2n) is 9.68. The summed E-state index contributed by atoms with van der Waals surface area (Å²) in [5, 5.41) is 0.969. The molecular formula is C26H32N4O2Si. The average molecular weight is 461 g/mol. The first-order valence-corrected chi connectivity index (χ1v) is 15.0. The topological polar surface area (TPSA) is 62.1 Å². The van der Waals surface area contributed by atoms with E-state index >= 15 is 0 Å². The van der Waals surface area contributed by atoms with Crippen molar-refractivity contribution in [3.8, 4) is 22.8 Å². The molecule has 0 aliphatic carbocycles. The van der Waals surface area contributed by atoms with Gasteiger partial charge < -0.3 is 14.0 Å². The van der Waals surface area contributed by atoms with Gasteiger partial charge in [-0.3, -0.25) is 0 Å². The smallest absolute Gasteiger partial charge is 0.228 e. The Morgan fingerprint density at radius 1 is 0.939 bits per heavy atom. The van der Waals surface area contributed by atoms with Gasteiger partial charge in [0.15, 0.2) is 0 Å². The second kappa shape index (κ2) is 9.45. The van der Waals surface area contributed by atoms with Crippen molar-refractivity contribution in [2.24, 2.45) is 0 Å². The van der Waals surface area contributed by atoms with Gasteiger partial charge in [-0.25, -0.2) is 15.0 Å². The normalized spacial score (nSPS) is 11.8. The molecule has 0 saturated carbocycles. The zero-order chi connectivity index (χ0) is 23.6. The summed E-state index contributed by atoms with van der Waals surface area (Å²) in [4.78, 5) is 13.2. The average Bonchev–Trinajstić information content (AvgIpc) is 3.16. The molecule has 0 bridgehead atoms. The molecule has 172 valence electrons. The molecule has 0 radical (unpaired) electrons. The molecule has 0 aliphatic heterocycles. The Bertz CT molecular complexity index is 1260. The fourth-order valence-electron chi connectivity index (χ4n) is 3.91. The summed E-state index contributed by atoms with van der Waals surface area (Å²) in [7, 11) is -1.09. The van der Waals surface area contributed by atoms with E-state index in [-0.39, 0.29) is 0 Å². The third kappa shape index (κ3) is 5.31. The summed E-state index contributed by atoms with van der Waals surface area (Å²) in [5.74, 6) is 1.35. The molecule has 1 aromatic carbocycles. The van der Waals surface area contributed by atoms with Crippen LogP contribution in [-0.4, -0.2) is 34.2 Å². The minimum absolute atomic E-state index is 0.531. The van der Waals surface area contributed by atoms with Crippen molar-refractivity contribution in [2.75, 3.05) is 6.61 Å². The lowest BCUT2D eigenvalue weighted by Crippen LogP contribution is -2.21. The molecule has 4 aromatic rings. The molecule has 0 amide bonds. The number of nitrogens with zero attached hydrogens (tertiary/aromatic N) is 4. The van der Waals surface area contributed by atoms with Gasteiger partial charge in [0.2, 0.25) is 5.88 Å². The number of hydrogen-bond acceptors (Lipinski definition) is 5. The van der Waals surface area contributed by atoms with Crippen LogP contribution in [0.4, 0.5) is 0 Å². The maximum atomic E-state index is 6.22. The lowest BCUT2D eigenvalue weighted by atomic mass is 9.98. The Balaban J connectivity index is 1.53. The van der Waals surface area contributed by atoms with Crippen molar-refractivity contribution in [3.05, 3.63) is 66.0 Å². The van der Waals surface area contributed by atoms with Gasteiger partial charge in [-0.15, -0.1) is 0 Å². The number of aryl methyl sites for hydroxylation is 3. The van der Waals surface area contributed by atoms with Gasteiger partial charge in [0.1, 0.15) is 18.8 Å². The minimum Gasteiger partial charge on any atom is -0.438 e. The van der Waals surface area contributed by atoms with Crippen molar-refractivity contribution >= 4 is 19.0 Å². The summed E-state index contributed by atoms with van der Waals surface area (Å²) in [6, 6.07) is 11.3. The first kappa shape index (κ1) is 23.1. The van der Waals surface area contributed by atoms with E-state index in [1.54, 1.807) is 12.5 Å². The van der Waals surface area contributed by atoms with E-state index in [0.29, 0.717) is 12.6 Å². The molecule has 3 heterocycles. The maximum Gasteiger partial charge on any atom is 0.228 e. The second-order valence-corrected chi connectivity index (χ2v) is 15.3. The SMILES string of the molecule is Cc1cc(Oc2nccc3c2ccn3COCC[Si](C)(C)C)ccc1-c1c(C)ncnc1C. The summed E-state index contributed by atoms with van der Waals surface area (Å²) < 4.78 is 14.3. The number of pyridine rings is 1. The molecule has 4 rings (SSSR count). The highest BCUT2D eigenvalue weighted by molar-refractivity contribution is 6.76. The molecular weight excluding hydrogens is 428 g/mol. The van der Waals surface area contributed by atoms with Crippen molar-refractivity contribution in [1.82, 2.24) is 19.5 Å². The quantitative estimate of drug-likeness (QED) is 0.221. The fourth-order valence-corrected chi connectivity index (χ4v) is 4.66. The largest absolute Gasteiger partial charge is 0.438 e. The molecule has 0 N–H and O–H groups in total. The number of fused-ring (bicyclic) bond motifs is 1. The molecule has 0 unspecified atom stereocenters. The van der Waals surface area contributed by atoms with Crippen molar-refractivity contribution < 1.29 is 9.47 Å². The van der Waals surface area contributed by atoms with Gasteiger partial charge in [0.25, 0.3) is 0 Å². The summed E-state index contributed by atoms with van der Waals surface area (Å²) in [6.07, 6.45) is 5.42. The van der Waals surface area contributed by atoms with Gasteiger partial charge in [0.05, 0.1) is 10.9 Å². The Morgan fingerprint density at radius 2 is 1.70 bits per heavy atom. The van der Waals surface area contributed by atoms with E-state index in [9.17, 15) is 0 Å². The summed E-state index contributed by atoms with van der Waals surface area (Å²) in [6.45, 7) is 14.5. The van der Waals surface area contributed by atoms with Crippen LogP contribution < -0.4 is 4.74 Å². The number of ether oxygens (including phenoxy) is 2. The van der Waals surface area contributed by atoms with Crippen LogP contribution in [0.5, 0.6) is 11.6 Å². The summed E-state index contributed by atoms with van der Waals surface area (Å²) in [5.41, 5.74) is 6.29. The molecule has 0 fully saturated rings. The lowest BCUT2D eigenvalue weighted by Gasteiger charge is -2.16. The first-order valence-electron chi connectivity index (χ1n) is 11.3. The molecule has 6 nitrogen and oxygen atoms in total. The number of aromatic nitrogens is 4. The van der Waals surface area contributed by atoms with E-state index in [1.165, 1.54) is 0 Å². The summed E-state index contributed by atoms with van der Waals surface area (Å²) >= 11 is 0. The molecule has 0 saturated heterocycles. The Hall–Kier alpha value is -3.03. The predicted octanol–water partition coefficient (Wildman–Crippen LogP) is 6.52. The van der Waals surface area contributed by atoms with Crippen molar-refractivity contribution in [2.45, 2.75) is 53.2 Å². The minimum atomic E-state index is -1.09. The van der Waals surface area contributed by atoms with Crippen LogP contribution in [0.2, 0.25) is 25.7 Å². The van der Waals surface area contributed by atoms with Crippen LogP contribution in [0.3, 0.4) is 0 Å². The van der Waals surface area contributed by atoms with E-state index in [2.05, 4.69) is 52.2 Å². The van der Waals surface area contributed by atoms with Gasteiger partial charge in [-0.05, 0) is 62.2 Å². The van der Waals surface area contributed by atoms with Crippen LogP contribution in [0.15, 0.2) is 49.1 Å². The van der Waals surface area contributed by atoms with Gasteiger partial charge >= 0.3 is 0 Å². The Morgan fingerprint density at radius 3 is 2.39 bits per heavy atom. The van der Waals surface area contributed by atoms with Crippen LogP contribution >= 0.6 is 0 Å². The first-order chi connectivity index (χ1) is 15.7. The van der Waals surface area contributed by atoms with Gasteiger partial charge in [-0.2, -0.15) is 0 Å². The molecule has 33 heavy (non-hydrogen) atoms. The van der Waals surface area contributed by atoms with Crippen LogP contribution in [0.25, 0.3) is 22.0 Å². The van der Waals surface area contributed by atoms with Crippen molar-refractivity contribution in [1.29, 1.82) is 0 Å². The van der Waals surface area contributed by atoms with Crippen LogP contribution in [0, 0.1) is 20.8 Å². The van der Waals surface area contributed by atoms with Crippen molar-refractivity contribution in [3.63, 3.8) is 0 Å². The Kier molecular flexibility index (Phi) is 6.62. The highest BCUT2D eigenvalue weighted by Crippen LogP contribution is 2.33. The molecule has 0 atom stereocenters. The highest BCUT2D eigenvalue weighted by Gasteiger charge is 2.14. The predicted molar refractivity (Wildman–Crippen MR) is 136 cm³/mol. The third-order valence-corrected chi connectivity index (χ3v) is 7.50. The van der Waals surface area contributed by atoms with Gasteiger partial charge in [-0.1, -0.05) is 25.7 Å². The van der Waals surface area contributed by atoms with E-state index in [0.717, 1.165) is 57.4 Å². The van der Waals surface area contributed by atoms with E-state index in [4.69, 9.17) is 9.47 Å². The van der Waals surface area contributed by atoms with Crippen LogP contribution in [0.1, 0.15) is 17.0 Å². The Labute approximate surface area is 196 Å². The van der Waals surface area contributed by atoms with Gasteiger partial charge in [0, 0.05) is 44.0 Å². The standard InChI is InChI=1S/C26H32N4O2Si/c1-18-15-21(7-8-22(18)25-19(2)28-16-29-20(25)3)32-26-23-10-12-30(24(23)9-11-27-26)17-31-13-14-33(4,5)6/h7-12,15-16H,13-14,17H2,1-6H3. The molecule has 0 spiro atoms. The highest BCUT2D eigenvalue weighted by atomic mass is 28.3. The zero-order valence-corrected chi connectivity index (χ0v) is 21.3. The maximum absolute atomic E-state index is 6.22. The molecule has 3 aromatic heterocycles. The number of benzene rings is 1. The molecule has 0 aliphatic rings. The van der Waals surface area contributed by atoms with Crippen LogP contribution in [-0.2, 0) is 11.5 Å². The number of rotatable bonds is 8. The number of hydrogen-bond donors (Lipinski definition) is 0.